The molecule has 8 heteroatoms. The summed E-state index contributed by atoms with van der Waals surface area (Å²) in [6.07, 6.45) is 2.25. The number of anilines is 2. The summed E-state index contributed by atoms with van der Waals surface area (Å²) in [5.41, 5.74) is 0. The molecular weight excluding hydrogens is 294 g/mol. The minimum atomic E-state index is 0.257. The van der Waals surface area contributed by atoms with Crippen molar-refractivity contribution in [2.24, 2.45) is 0 Å². The molecule has 0 amide bonds. The Balaban J connectivity index is 1.64. The predicted molar refractivity (Wildman–Crippen MR) is 78.0 cm³/mol. The predicted octanol–water partition coefficient (Wildman–Crippen LogP) is 0.729. The normalized spacial score (nSPS) is 29.0. The van der Waals surface area contributed by atoms with Crippen LogP contribution in [0.4, 0.5) is 11.9 Å². The van der Waals surface area contributed by atoms with Gasteiger partial charge in [-0.2, -0.15) is 15.0 Å². The Labute approximate surface area is 128 Å². The van der Waals surface area contributed by atoms with Gasteiger partial charge in [-0.3, -0.25) is 0 Å². The number of hydrogen-bond donors (Lipinski definition) is 0. The Kier molecular flexibility index (Phi) is 3.56. The first-order valence-electron chi connectivity index (χ1n) is 7.41. The molecule has 2 bridgehead atoms. The largest absolute Gasteiger partial charge is 0.378 e. The summed E-state index contributed by atoms with van der Waals surface area (Å²) in [6.45, 7) is 4.45. The lowest BCUT2D eigenvalue weighted by molar-refractivity contribution is 0.0897. The minimum absolute atomic E-state index is 0.257. The van der Waals surface area contributed by atoms with Gasteiger partial charge in [-0.25, -0.2) is 0 Å². The van der Waals surface area contributed by atoms with Crippen molar-refractivity contribution in [3.63, 3.8) is 0 Å². The van der Waals surface area contributed by atoms with E-state index in [0.717, 1.165) is 39.1 Å². The second-order valence-electron chi connectivity index (χ2n) is 5.63. The molecule has 1 aromatic heterocycles. The third kappa shape index (κ3) is 2.54. The van der Waals surface area contributed by atoms with Crippen LogP contribution in [-0.2, 0) is 9.47 Å². The van der Waals surface area contributed by atoms with Gasteiger partial charge in [0.1, 0.15) is 0 Å². The van der Waals surface area contributed by atoms with Gasteiger partial charge in [0.25, 0.3) is 0 Å². The molecule has 0 aliphatic carbocycles. The molecule has 7 nitrogen and oxygen atoms in total. The molecule has 0 aromatic carbocycles. The molecule has 3 aliphatic rings. The van der Waals surface area contributed by atoms with Gasteiger partial charge in [0, 0.05) is 13.1 Å². The van der Waals surface area contributed by atoms with Crippen LogP contribution in [0.3, 0.4) is 0 Å². The van der Waals surface area contributed by atoms with E-state index < -0.39 is 0 Å². The Hall–Kier alpha value is -1.18. The van der Waals surface area contributed by atoms with E-state index >= 15 is 0 Å². The zero-order valence-corrected chi connectivity index (χ0v) is 12.5. The third-order valence-electron chi connectivity index (χ3n) is 4.35. The first kappa shape index (κ1) is 13.5. The summed E-state index contributed by atoms with van der Waals surface area (Å²) < 4.78 is 11.0. The van der Waals surface area contributed by atoms with Crippen LogP contribution in [0.5, 0.6) is 0 Å². The fourth-order valence-electron chi connectivity index (χ4n) is 3.30. The molecular formula is C13H18ClN5O2. The highest BCUT2D eigenvalue weighted by Crippen LogP contribution is 2.32. The smallest absolute Gasteiger partial charge is 0.232 e. The lowest BCUT2D eigenvalue weighted by atomic mass is 10.2. The highest BCUT2D eigenvalue weighted by atomic mass is 35.5. The molecule has 1 aromatic rings. The Morgan fingerprint density at radius 2 is 1.57 bits per heavy atom. The van der Waals surface area contributed by atoms with Gasteiger partial charge in [0.05, 0.1) is 38.5 Å². The van der Waals surface area contributed by atoms with Crippen LogP contribution < -0.4 is 9.80 Å². The Morgan fingerprint density at radius 3 is 2.29 bits per heavy atom. The second-order valence-corrected chi connectivity index (χ2v) is 5.97. The number of rotatable bonds is 2. The molecule has 0 N–H and O–H groups in total. The number of morpholine rings is 2. The van der Waals surface area contributed by atoms with E-state index in [2.05, 4.69) is 24.8 Å². The zero-order valence-electron chi connectivity index (χ0n) is 11.7. The van der Waals surface area contributed by atoms with Gasteiger partial charge in [-0.05, 0) is 24.4 Å². The van der Waals surface area contributed by atoms with E-state index in [4.69, 9.17) is 21.1 Å². The quantitative estimate of drug-likeness (QED) is 0.797. The van der Waals surface area contributed by atoms with E-state index in [-0.39, 0.29) is 5.28 Å². The first-order valence-corrected chi connectivity index (χ1v) is 7.79. The van der Waals surface area contributed by atoms with Crippen LogP contribution in [0.25, 0.3) is 0 Å². The molecule has 0 saturated carbocycles. The van der Waals surface area contributed by atoms with Gasteiger partial charge in [0.2, 0.25) is 17.2 Å². The summed E-state index contributed by atoms with van der Waals surface area (Å²) in [6, 6.07) is 0.722. The molecule has 4 heterocycles. The topological polar surface area (TPSA) is 63.6 Å². The second kappa shape index (κ2) is 5.55. The molecule has 2 unspecified atom stereocenters. The Bertz CT molecular complexity index is 509. The van der Waals surface area contributed by atoms with Crippen molar-refractivity contribution in [1.29, 1.82) is 0 Å². The fraction of sp³-hybridized carbons (Fsp3) is 0.769. The first-order chi connectivity index (χ1) is 10.3. The van der Waals surface area contributed by atoms with Crippen LogP contribution in [0.2, 0.25) is 5.28 Å². The fourth-order valence-corrected chi connectivity index (χ4v) is 3.46. The molecule has 114 valence electrons. The number of hydrogen-bond acceptors (Lipinski definition) is 7. The molecule has 21 heavy (non-hydrogen) atoms. The SMILES string of the molecule is Clc1nc(N2CCOCC2)nc(N2C3CCC2COC3)n1. The van der Waals surface area contributed by atoms with Crippen molar-refractivity contribution in [1.82, 2.24) is 15.0 Å². The van der Waals surface area contributed by atoms with E-state index in [9.17, 15) is 0 Å². The summed E-state index contributed by atoms with van der Waals surface area (Å²) in [5, 5.41) is 0.257. The summed E-state index contributed by atoms with van der Waals surface area (Å²) in [5.74, 6) is 1.34. The van der Waals surface area contributed by atoms with Crippen molar-refractivity contribution in [2.75, 3.05) is 49.3 Å². The maximum absolute atomic E-state index is 6.13. The molecule has 4 rings (SSSR count). The Morgan fingerprint density at radius 1 is 0.905 bits per heavy atom. The van der Waals surface area contributed by atoms with Gasteiger partial charge < -0.3 is 19.3 Å². The molecule has 0 radical (unpaired) electrons. The van der Waals surface area contributed by atoms with Gasteiger partial charge in [0.15, 0.2) is 0 Å². The lowest BCUT2D eigenvalue weighted by Gasteiger charge is -2.35. The maximum Gasteiger partial charge on any atom is 0.232 e. The number of ether oxygens (including phenoxy) is 2. The van der Waals surface area contributed by atoms with E-state index in [0.29, 0.717) is 37.2 Å². The maximum atomic E-state index is 6.13. The van der Waals surface area contributed by atoms with Gasteiger partial charge in [-0.15, -0.1) is 0 Å². The molecule has 0 spiro atoms. The van der Waals surface area contributed by atoms with Crippen LogP contribution in [-0.4, -0.2) is 66.6 Å². The average Bonchev–Trinajstić information content (AvgIpc) is 2.77. The van der Waals surface area contributed by atoms with Crippen molar-refractivity contribution in [3.8, 4) is 0 Å². The van der Waals surface area contributed by atoms with E-state index in [1.54, 1.807) is 0 Å². The van der Waals surface area contributed by atoms with Crippen LogP contribution in [0, 0.1) is 0 Å². The number of aromatic nitrogens is 3. The van der Waals surface area contributed by atoms with Gasteiger partial charge >= 0.3 is 0 Å². The molecule has 3 saturated heterocycles. The van der Waals surface area contributed by atoms with Crippen LogP contribution in [0.1, 0.15) is 12.8 Å². The van der Waals surface area contributed by atoms with Crippen LogP contribution >= 0.6 is 11.6 Å². The molecule has 3 fully saturated rings. The molecule has 2 atom stereocenters. The van der Waals surface area contributed by atoms with Crippen molar-refractivity contribution in [3.05, 3.63) is 5.28 Å². The molecule has 3 aliphatic heterocycles. The summed E-state index contributed by atoms with van der Waals surface area (Å²) in [4.78, 5) is 17.6. The number of nitrogens with zero attached hydrogens (tertiary/aromatic N) is 5. The monoisotopic (exact) mass is 311 g/mol. The third-order valence-corrected chi connectivity index (χ3v) is 4.52. The number of fused-ring (bicyclic) bond motifs is 2. The van der Waals surface area contributed by atoms with Crippen molar-refractivity contribution in [2.45, 2.75) is 24.9 Å². The van der Waals surface area contributed by atoms with Crippen LogP contribution in [0.15, 0.2) is 0 Å². The van der Waals surface area contributed by atoms with Crippen molar-refractivity contribution < 1.29 is 9.47 Å². The average molecular weight is 312 g/mol. The van der Waals surface area contributed by atoms with Gasteiger partial charge in [-0.1, -0.05) is 0 Å². The van der Waals surface area contributed by atoms with Crippen molar-refractivity contribution >= 4 is 23.5 Å². The highest BCUT2D eigenvalue weighted by molar-refractivity contribution is 6.28. The highest BCUT2D eigenvalue weighted by Gasteiger charge is 2.39. The van der Waals surface area contributed by atoms with E-state index in [1.165, 1.54) is 0 Å². The summed E-state index contributed by atoms with van der Waals surface area (Å²) >= 11 is 6.13. The minimum Gasteiger partial charge on any atom is -0.378 e. The summed E-state index contributed by atoms with van der Waals surface area (Å²) in [7, 11) is 0. The standard InChI is InChI=1S/C13H18ClN5O2/c14-11-15-12(18-3-5-20-6-4-18)17-13(16-11)19-9-1-2-10(19)8-21-7-9/h9-10H,1-8H2. The van der Waals surface area contributed by atoms with E-state index in [1.807, 2.05) is 0 Å². The zero-order chi connectivity index (χ0) is 14.2. The lowest BCUT2D eigenvalue weighted by Crippen LogP contribution is -2.47. The number of halogens is 1.